The molecule has 6 heteroatoms. The fraction of sp³-hybridized carbons (Fsp3) is 0.333. The van der Waals surface area contributed by atoms with Crippen LogP contribution in [0.25, 0.3) is 0 Å². The van der Waals surface area contributed by atoms with Gasteiger partial charge in [0.1, 0.15) is 5.75 Å². The third-order valence-corrected chi connectivity index (χ3v) is 4.87. The molecule has 1 aliphatic rings. The Balaban J connectivity index is 1.71. The molecule has 0 saturated carbocycles. The third kappa shape index (κ3) is 4.61. The van der Waals surface area contributed by atoms with Gasteiger partial charge in [0.05, 0.1) is 11.3 Å². The number of para-hydroxylation sites is 1. The van der Waals surface area contributed by atoms with E-state index in [2.05, 4.69) is 5.32 Å². The highest BCUT2D eigenvalue weighted by Crippen LogP contribution is 2.25. The molecule has 0 aromatic heterocycles. The zero-order valence-electron chi connectivity index (χ0n) is 15.5. The molecule has 1 heterocycles. The first-order valence-corrected chi connectivity index (χ1v) is 9.41. The van der Waals surface area contributed by atoms with E-state index in [0.717, 1.165) is 37.1 Å². The van der Waals surface area contributed by atoms with E-state index in [-0.39, 0.29) is 18.4 Å². The molecule has 0 unspecified atom stereocenters. The van der Waals surface area contributed by atoms with Crippen molar-refractivity contribution in [3.05, 3.63) is 58.1 Å². The van der Waals surface area contributed by atoms with E-state index >= 15 is 0 Å². The van der Waals surface area contributed by atoms with E-state index < -0.39 is 0 Å². The molecule has 142 valence electrons. The Morgan fingerprint density at radius 2 is 1.78 bits per heavy atom. The van der Waals surface area contributed by atoms with Crippen molar-refractivity contribution in [3.8, 4) is 5.75 Å². The van der Waals surface area contributed by atoms with Crippen LogP contribution in [0.15, 0.2) is 36.4 Å². The number of benzene rings is 2. The predicted octanol–water partition coefficient (Wildman–Crippen LogP) is 4.21. The maximum atomic E-state index is 12.7. The molecule has 1 N–H and O–H groups in total. The van der Waals surface area contributed by atoms with Crippen molar-refractivity contribution in [2.45, 2.75) is 26.7 Å². The van der Waals surface area contributed by atoms with E-state index in [1.54, 1.807) is 23.1 Å². The van der Waals surface area contributed by atoms with Crippen LogP contribution in [0, 0.1) is 13.8 Å². The molecule has 1 saturated heterocycles. The molecular weight excluding hydrogens is 364 g/mol. The highest BCUT2D eigenvalue weighted by Gasteiger charge is 2.23. The second-order valence-corrected chi connectivity index (χ2v) is 7.18. The van der Waals surface area contributed by atoms with Crippen LogP contribution in [0.2, 0.25) is 5.02 Å². The zero-order valence-corrected chi connectivity index (χ0v) is 16.3. The number of hydrogen-bond donors (Lipinski definition) is 1. The highest BCUT2D eigenvalue weighted by atomic mass is 35.5. The lowest BCUT2D eigenvalue weighted by atomic mass is 10.1. The Morgan fingerprint density at radius 1 is 1.11 bits per heavy atom. The van der Waals surface area contributed by atoms with Crippen molar-refractivity contribution in [1.29, 1.82) is 0 Å². The van der Waals surface area contributed by atoms with Crippen LogP contribution >= 0.6 is 11.6 Å². The van der Waals surface area contributed by atoms with Gasteiger partial charge in [-0.1, -0.05) is 29.8 Å². The standard InChI is InChI=1S/C21H23ClN2O3/c1-14-6-5-7-15(2)20(14)27-13-19(25)23-18-12-16(22)8-9-17(18)21(26)24-10-3-4-11-24/h5-9,12H,3-4,10-11,13H2,1-2H3,(H,23,25). The summed E-state index contributed by atoms with van der Waals surface area (Å²) in [7, 11) is 0. The monoisotopic (exact) mass is 386 g/mol. The molecule has 3 rings (SSSR count). The number of carbonyl (C=O) groups is 2. The van der Waals surface area contributed by atoms with Gasteiger partial charge >= 0.3 is 0 Å². The van der Waals surface area contributed by atoms with Gasteiger partial charge in [0, 0.05) is 18.1 Å². The number of aryl methyl sites for hydroxylation is 2. The molecule has 2 amide bonds. The van der Waals surface area contributed by atoms with Crippen LogP contribution in [0.1, 0.15) is 34.3 Å². The molecule has 0 radical (unpaired) electrons. The van der Waals surface area contributed by atoms with E-state index in [9.17, 15) is 9.59 Å². The summed E-state index contributed by atoms with van der Waals surface area (Å²) < 4.78 is 5.69. The van der Waals surface area contributed by atoms with E-state index in [4.69, 9.17) is 16.3 Å². The second-order valence-electron chi connectivity index (χ2n) is 6.75. The predicted molar refractivity (Wildman–Crippen MR) is 107 cm³/mol. The Labute approximate surface area is 164 Å². The number of nitrogens with one attached hydrogen (secondary N) is 1. The number of hydrogen-bond acceptors (Lipinski definition) is 3. The van der Waals surface area contributed by atoms with Crippen LogP contribution in [0.3, 0.4) is 0 Å². The normalized spacial score (nSPS) is 13.5. The summed E-state index contributed by atoms with van der Waals surface area (Å²) in [6.07, 6.45) is 2.01. The zero-order chi connectivity index (χ0) is 19.4. The third-order valence-electron chi connectivity index (χ3n) is 4.64. The number of anilines is 1. The molecule has 0 aliphatic carbocycles. The van der Waals surface area contributed by atoms with Crippen LogP contribution in [-0.2, 0) is 4.79 Å². The van der Waals surface area contributed by atoms with Gasteiger partial charge in [-0.05, 0) is 56.0 Å². The minimum atomic E-state index is -0.338. The van der Waals surface area contributed by atoms with Crippen molar-refractivity contribution >= 4 is 29.1 Å². The summed E-state index contributed by atoms with van der Waals surface area (Å²) >= 11 is 6.07. The molecular formula is C21H23ClN2O3. The van der Waals surface area contributed by atoms with Crippen molar-refractivity contribution < 1.29 is 14.3 Å². The minimum absolute atomic E-state index is 0.0878. The van der Waals surface area contributed by atoms with Crippen LogP contribution in [0.4, 0.5) is 5.69 Å². The number of amides is 2. The van der Waals surface area contributed by atoms with Crippen LogP contribution < -0.4 is 10.1 Å². The van der Waals surface area contributed by atoms with Gasteiger partial charge in [-0.2, -0.15) is 0 Å². The minimum Gasteiger partial charge on any atom is -0.483 e. The largest absolute Gasteiger partial charge is 0.483 e. The van der Waals surface area contributed by atoms with E-state index in [0.29, 0.717) is 22.0 Å². The number of halogens is 1. The molecule has 1 fully saturated rings. The summed E-state index contributed by atoms with van der Waals surface area (Å²) in [5.41, 5.74) is 2.79. The summed E-state index contributed by atoms with van der Waals surface area (Å²) in [5.74, 6) is 0.276. The Morgan fingerprint density at radius 3 is 2.44 bits per heavy atom. The van der Waals surface area contributed by atoms with Crippen LogP contribution in [0.5, 0.6) is 5.75 Å². The van der Waals surface area contributed by atoms with Gasteiger partial charge in [-0.3, -0.25) is 9.59 Å². The molecule has 2 aromatic rings. The van der Waals surface area contributed by atoms with Crippen molar-refractivity contribution in [1.82, 2.24) is 4.90 Å². The summed E-state index contributed by atoms with van der Waals surface area (Å²) in [4.78, 5) is 26.9. The highest BCUT2D eigenvalue weighted by molar-refractivity contribution is 6.31. The molecule has 0 bridgehead atoms. The summed E-state index contributed by atoms with van der Waals surface area (Å²) in [6, 6.07) is 10.7. The average molecular weight is 387 g/mol. The number of nitrogens with zero attached hydrogens (tertiary/aromatic N) is 1. The van der Waals surface area contributed by atoms with Crippen molar-refractivity contribution in [2.75, 3.05) is 25.0 Å². The fourth-order valence-electron chi connectivity index (χ4n) is 3.25. The first-order valence-electron chi connectivity index (χ1n) is 9.03. The first kappa shape index (κ1) is 19.2. The van der Waals surface area contributed by atoms with Crippen molar-refractivity contribution in [3.63, 3.8) is 0 Å². The molecule has 27 heavy (non-hydrogen) atoms. The lowest BCUT2D eigenvalue weighted by Gasteiger charge is -2.18. The summed E-state index contributed by atoms with van der Waals surface area (Å²) in [5, 5.41) is 3.23. The number of rotatable bonds is 5. The second kappa shape index (κ2) is 8.44. The number of likely N-dealkylation sites (tertiary alicyclic amines) is 1. The summed E-state index contributed by atoms with van der Waals surface area (Å²) in [6.45, 7) is 5.21. The molecule has 5 nitrogen and oxygen atoms in total. The molecule has 1 aliphatic heterocycles. The number of carbonyl (C=O) groups excluding carboxylic acids is 2. The Kier molecular flexibility index (Phi) is 6.01. The van der Waals surface area contributed by atoms with Gasteiger partial charge in [0.15, 0.2) is 6.61 Å². The van der Waals surface area contributed by atoms with Gasteiger partial charge in [0.2, 0.25) is 0 Å². The van der Waals surface area contributed by atoms with E-state index in [1.807, 2.05) is 32.0 Å². The van der Waals surface area contributed by atoms with Crippen molar-refractivity contribution in [2.24, 2.45) is 0 Å². The lowest BCUT2D eigenvalue weighted by Crippen LogP contribution is -2.29. The molecule has 0 spiro atoms. The van der Waals surface area contributed by atoms with Gasteiger partial charge in [-0.25, -0.2) is 0 Å². The SMILES string of the molecule is Cc1cccc(C)c1OCC(=O)Nc1cc(Cl)ccc1C(=O)N1CCCC1. The molecule has 0 atom stereocenters. The van der Waals surface area contributed by atoms with Gasteiger partial charge in [0.25, 0.3) is 11.8 Å². The Hall–Kier alpha value is -2.53. The lowest BCUT2D eigenvalue weighted by molar-refractivity contribution is -0.118. The maximum absolute atomic E-state index is 12.7. The fourth-order valence-corrected chi connectivity index (χ4v) is 3.42. The van der Waals surface area contributed by atoms with Gasteiger partial charge < -0.3 is 15.0 Å². The van der Waals surface area contributed by atoms with Crippen LogP contribution in [-0.4, -0.2) is 36.4 Å². The number of ether oxygens (including phenoxy) is 1. The quantitative estimate of drug-likeness (QED) is 0.837. The van der Waals surface area contributed by atoms with E-state index in [1.165, 1.54) is 0 Å². The smallest absolute Gasteiger partial charge is 0.262 e. The Bertz CT molecular complexity index is 840. The molecule has 2 aromatic carbocycles. The first-order chi connectivity index (χ1) is 13.0. The average Bonchev–Trinajstić information content (AvgIpc) is 3.15. The maximum Gasteiger partial charge on any atom is 0.262 e. The van der Waals surface area contributed by atoms with Gasteiger partial charge in [-0.15, -0.1) is 0 Å². The topological polar surface area (TPSA) is 58.6 Å².